The van der Waals surface area contributed by atoms with Crippen LogP contribution in [0.1, 0.15) is 19.8 Å². The molecule has 0 radical (unpaired) electrons. The molecule has 1 aliphatic rings. The molecule has 0 spiro atoms. The highest BCUT2D eigenvalue weighted by Crippen LogP contribution is 2.36. The van der Waals surface area contributed by atoms with Crippen LogP contribution in [0, 0.1) is 11.8 Å². The summed E-state index contributed by atoms with van der Waals surface area (Å²) in [5, 5.41) is 2.75. The van der Waals surface area contributed by atoms with Gasteiger partial charge in [-0.3, -0.25) is 4.79 Å². The molecule has 0 saturated heterocycles. The maximum absolute atomic E-state index is 11.5. The van der Waals surface area contributed by atoms with Crippen LogP contribution >= 0.6 is 0 Å². The summed E-state index contributed by atoms with van der Waals surface area (Å²) in [4.78, 5) is 11.5. The van der Waals surface area contributed by atoms with Gasteiger partial charge in [0.15, 0.2) is 0 Å². The van der Waals surface area contributed by atoms with E-state index in [0.29, 0.717) is 18.4 Å². The summed E-state index contributed by atoms with van der Waals surface area (Å²) in [6, 6.07) is -0.719. The molecule has 16 heavy (non-hydrogen) atoms. The summed E-state index contributed by atoms with van der Waals surface area (Å²) in [6.45, 7) is 2.80. The third-order valence-corrected chi connectivity index (χ3v) is 3.93. The minimum absolute atomic E-state index is 0.0403. The molecule has 3 unspecified atom stereocenters. The van der Waals surface area contributed by atoms with Crippen molar-refractivity contribution < 1.29 is 13.2 Å². The van der Waals surface area contributed by atoms with Crippen LogP contribution in [0.15, 0.2) is 0 Å². The zero-order chi connectivity index (χ0) is 12.3. The summed E-state index contributed by atoms with van der Waals surface area (Å²) in [5.74, 6) is 0.975. The lowest BCUT2D eigenvalue weighted by molar-refractivity contribution is -0.122. The predicted molar refractivity (Wildman–Crippen MR) is 62.6 cm³/mol. The Morgan fingerprint density at radius 2 is 2.12 bits per heavy atom. The number of nitrogens with two attached hydrogens (primary N) is 1. The fourth-order valence-corrected chi connectivity index (χ4v) is 2.20. The second-order valence-electron chi connectivity index (χ2n) is 4.74. The largest absolute Gasteiger partial charge is 0.354 e. The smallest absolute Gasteiger partial charge is 0.236 e. The number of carbonyl (C=O) groups is 1. The molecule has 0 bridgehead atoms. The quantitative estimate of drug-likeness (QED) is 0.664. The first-order chi connectivity index (χ1) is 7.29. The lowest BCUT2D eigenvalue weighted by Crippen LogP contribution is -2.42. The number of carbonyl (C=O) groups excluding carboxylic acids is 1. The highest BCUT2D eigenvalue weighted by Gasteiger charge is 2.32. The van der Waals surface area contributed by atoms with Crippen molar-refractivity contribution in [3.63, 3.8) is 0 Å². The van der Waals surface area contributed by atoms with Crippen LogP contribution in [-0.4, -0.2) is 38.9 Å². The Kier molecular flexibility index (Phi) is 4.32. The SMILES string of the molecule is CC1CC1CNC(=O)C(N)CCS(C)(=O)=O. The van der Waals surface area contributed by atoms with E-state index in [0.717, 1.165) is 12.7 Å². The fraction of sp³-hybridized carbons (Fsp3) is 0.900. The van der Waals surface area contributed by atoms with Gasteiger partial charge >= 0.3 is 0 Å². The Labute approximate surface area is 96.7 Å². The molecular weight excluding hydrogens is 228 g/mol. The van der Waals surface area contributed by atoms with Gasteiger partial charge in [0.05, 0.1) is 11.8 Å². The number of sulfone groups is 1. The number of hydrogen-bond acceptors (Lipinski definition) is 4. The van der Waals surface area contributed by atoms with Gasteiger partial charge in [0.2, 0.25) is 5.91 Å². The molecule has 0 aromatic rings. The standard InChI is InChI=1S/C10H20N2O3S/c1-7-5-8(7)6-12-10(13)9(11)3-4-16(2,14)15/h7-9H,3-6,11H2,1-2H3,(H,12,13). The topological polar surface area (TPSA) is 89.3 Å². The number of nitrogens with one attached hydrogen (secondary N) is 1. The van der Waals surface area contributed by atoms with E-state index in [4.69, 9.17) is 5.73 Å². The second kappa shape index (κ2) is 5.14. The Morgan fingerprint density at radius 3 is 2.56 bits per heavy atom. The number of hydrogen-bond donors (Lipinski definition) is 2. The highest BCUT2D eigenvalue weighted by atomic mass is 32.2. The first kappa shape index (κ1) is 13.4. The van der Waals surface area contributed by atoms with Crippen molar-refractivity contribution in [2.75, 3.05) is 18.6 Å². The Bertz CT molecular complexity index is 353. The molecule has 1 aliphatic carbocycles. The minimum atomic E-state index is -3.04. The summed E-state index contributed by atoms with van der Waals surface area (Å²) in [7, 11) is -3.04. The second-order valence-corrected chi connectivity index (χ2v) is 7.00. The van der Waals surface area contributed by atoms with Crippen LogP contribution < -0.4 is 11.1 Å². The first-order valence-corrected chi connectivity index (χ1v) is 7.56. The van der Waals surface area contributed by atoms with Crippen molar-refractivity contribution >= 4 is 15.7 Å². The Morgan fingerprint density at radius 1 is 1.56 bits per heavy atom. The highest BCUT2D eigenvalue weighted by molar-refractivity contribution is 7.90. The average molecular weight is 248 g/mol. The van der Waals surface area contributed by atoms with E-state index in [-0.39, 0.29) is 18.1 Å². The van der Waals surface area contributed by atoms with Gasteiger partial charge in [-0.25, -0.2) is 8.42 Å². The fourth-order valence-electron chi connectivity index (χ4n) is 1.52. The lowest BCUT2D eigenvalue weighted by Gasteiger charge is -2.11. The molecular formula is C10H20N2O3S. The maximum atomic E-state index is 11.5. The van der Waals surface area contributed by atoms with E-state index in [9.17, 15) is 13.2 Å². The molecule has 6 heteroatoms. The van der Waals surface area contributed by atoms with Crippen LogP contribution in [0.3, 0.4) is 0 Å². The summed E-state index contributed by atoms with van der Waals surface area (Å²) < 4.78 is 21.8. The summed E-state index contributed by atoms with van der Waals surface area (Å²) >= 11 is 0. The zero-order valence-electron chi connectivity index (χ0n) is 9.77. The van der Waals surface area contributed by atoms with Crippen LogP contribution in [0.5, 0.6) is 0 Å². The van der Waals surface area contributed by atoms with Crippen LogP contribution in [0.25, 0.3) is 0 Å². The molecule has 0 aliphatic heterocycles. The van der Waals surface area contributed by atoms with Crippen LogP contribution in [-0.2, 0) is 14.6 Å². The van der Waals surface area contributed by atoms with E-state index in [1.165, 1.54) is 0 Å². The number of amides is 1. The molecule has 94 valence electrons. The summed E-state index contributed by atoms with van der Waals surface area (Å²) in [5.41, 5.74) is 5.59. The molecule has 3 atom stereocenters. The molecule has 1 amide bonds. The van der Waals surface area contributed by atoms with Gasteiger partial charge < -0.3 is 11.1 Å². The minimum Gasteiger partial charge on any atom is -0.354 e. The normalized spacial score (nSPS) is 26.2. The van der Waals surface area contributed by atoms with Gasteiger partial charge in [0, 0.05) is 12.8 Å². The van der Waals surface area contributed by atoms with Gasteiger partial charge in [-0.05, 0) is 24.7 Å². The average Bonchev–Trinajstić information content (AvgIpc) is 2.86. The van der Waals surface area contributed by atoms with Crippen molar-refractivity contribution in [2.45, 2.75) is 25.8 Å². The monoisotopic (exact) mass is 248 g/mol. The maximum Gasteiger partial charge on any atom is 0.236 e. The van der Waals surface area contributed by atoms with Crippen molar-refractivity contribution in [2.24, 2.45) is 17.6 Å². The third-order valence-electron chi connectivity index (χ3n) is 2.95. The summed E-state index contributed by atoms with van der Waals surface area (Å²) in [6.07, 6.45) is 2.48. The third kappa shape index (κ3) is 4.94. The van der Waals surface area contributed by atoms with Gasteiger partial charge in [-0.2, -0.15) is 0 Å². The molecule has 0 aromatic heterocycles. The predicted octanol–water partition coefficient (Wildman–Crippen LogP) is -0.479. The van der Waals surface area contributed by atoms with Crippen molar-refractivity contribution in [1.82, 2.24) is 5.32 Å². The first-order valence-electron chi connectivity index (χ1n) is 5.50. The molecule has 0 aromatic carbocycles. The van der Waals surface area contributed by atoms with E-state index < -0.39 is 15.9 Å². The Hall–Kier alpha value is -0.620. The van der Waals surface area contributed by atoms with Gasteiger partial charge in [0.1, 0.15) is 9.84 Å². The van der Waals surface area contributed by atoms with Gasteiger partial charge in [0.25, 0.3) is 0 Å². The van der Waals surface area contributed by atoms with Crippen LogP contribution in [0.2, 0.25) is 0 Å². The lowest BCUT2D eigenvalue weighted by atomic mass is 10.2. The van der Waals surface area contributed by atoms with Crippen LogP contribution in [0.4, 0.5) is 0 Å². The van der Waals surface area contributed by atoms with Crippen molar-refractivity contribution in [3.8, 4) is 0 Å². The molecule has 0 heterocycles. The van der Waals surface area contributed by atoms with E-state index >= 15 is 0 Å². The zero-order valence-corrected chi connectivity index (χ0v) is 10.6. The Balaban J connectivity index is 2.20. The number of rotatable bonds is 6. The molecule has 1 saturated carbocycles. The van der Waals surface area contributed by atoms with E-state index in [2.05, 4.69) is 12.2 Å². The molecule has 5 nitrogen and oxygen atoms in total. The molecule has 1 fully saturated rings. The molecule has 3 N–H and O–H groups in total. The van der Waals surface area contributed by atoms with Gasteiger partial charge in [-0.15, -0.1) is 0 Å². The molecule has 1 rings (SSSR count). The van der Waals surface area contributed by atoms with Gasteiger partial charge in [-0.1, -0.05) is 6.92 Å². The van der Waals surface area contributed by atoms with E-state index in [1.807, 2.05) is 0 Å². The van der Waals surface area contributed by atoms with Crippen molar-refractivity contribution in [3.05, 3.63) is 0 Å². The van der Waals surface area contributed by atoms with E-state index in [1.54, 1.807) is 0 Å². The van der Waals surface area contributed by atoms with Crippen molar-refractivity contribution in [1.29, 1.82) is 0 Å².